The molecule has 2 aromatic carbocycles. The number of hydrogen-bond acceptors (Lipinski definition) is 5. The van der Waals surface area contributed by atoms with Crippen LogP contribution in [0.5, 0.6) is 5.75 Å². The Morgan fingerprint density at radius 3 is 2.21 bits per heavy atom. The summed E-state index contributed by atoms with van der Waals surface area (Å²) in [6.07, 6.45) is 0. The number of pyridine rings is 1. The Morgan fingerprint density at radius 1 is 1.00 bits per heavy atom. The Bertz CT molecular complexity index is 1370. The van der Waals surface area contributed by atoms with Gasteiger partial charge in [-0.25, -0.2) is 4.98 Å². The predicted octanol–water partition coefficient (Wildman–Crippen LogP) is 3.76. The van der Waals surface area contributed by atoms with Crippen molar-refractivity contribution < 1.29 is 4.74 Å². The summed E-state index contributed by atoms with van der Waals surface area (Å²) in [5.74, 6) is 1.06. The number of methoxy groups -OCH3 is 1. The zero-order valence-electron chi connectivity index (χ0n) is 15.1. The zero-order valence-corrected chi connectivity index (χ0v) is 15.9. The third kappa shape index (κ3) is 3.00. The number of H-pyrrole nitrogens is 1. The van der Waals surface area contributed by atoms with Crippen molar-refractivity contribution in [1.82, 2.24) is 14.6 Å². The van der Waals surface area contributed by atoms with E-state index >= 15 is 0 Å². The lowest BCUT2D eigenvalue weighted by Crippen LogP contribution is -2.20. The van der Waals surface area contributed by atoms with E-state index in [4.69, 9.17) is 16.3 Å². The summed E-state index contributed by atoms with van der Waals surface area (Å²) in [5, 5.41) is 22.8. The van der Waals surface area contributed by atoms with Gasteiger partial charge in [-0.15, -0.1) is 0 Å². The Hall–Kier alpha value is -4.07. The highest BCUT2D eigenvalue weighted by Crippen LogP contribution is 2.30. The van der Waals surface area contributed by atoms with E-state index in [0.717, 1.165) is 4.52 Å². The van der Waals surface area contributed by atoms with Crippen molar-refractivity contribution in [1.29, 1.82) is 10.5 Å². The highest BCUT2D eigenvalue weighted by Gasteiger charge is 2.22. The number of benzene rings is 2. The summed E-state index contributed by atoms with van der Waals surface area (Å²) in [5.41, 5.74) is 1.02. The summed E-state index contributed by atoms with van der Waals surface area (Å²) in [6.45, 7) is 0. The molecular formula is C21H12ClN5O2. The highest BCUT2D eigenvalue weighted by molar-refractivity contribution is 6.30. The number of nitrogens with zero attached hydrogens (tertiary/aromatic N) is 4. The van der Waals surface area contributed by atoms with E-state index in [0.29, 0.717) is 27.7 Å². The van der Waals surface area contributed by atoms with Crippen LogP contribution in [0.1, 0.15) is 11.1 Å². The lowest BCUT2D eigenvalue weighted by atomic mass is 9.97. The number of ether oxygens (including phenoxy) is 1. The second-order valence-electron chi connectivity index (χ2n) is 6.12. The molecular weight excluding hydrogens is 390 g/mol. The van der Waals surface area contributed by atoms with Gasteiger partial charge in [0.15, 0.2) is 11.5 Å². The van der Waals surface area contributed by atoms with Gasteiger partial charge in [0, 0.05) is 16.1 Å². The summed E-state index contributed by atoms with van der Waals surface area (Å²) in [6, 6.07) is 17.7. The first kappa shape index (κ1) is 18.3. The fourth-order valence-electron chi connectivity index (χ4n) is 3.10. The average molecular weight is 402 g/mol. The number of fused-ring (bicyclic) bond motifs is 1. The molecule has 0 fully saturated rings. The first-order valence-electron chi connectivity index (χ1n) is 8.46. The van der Waals surface area contributed by atoms with Crippen LogP contribution in [0.4, 0.5) is 0 Å². The smallest absolute Gasteiger partial charge is 0.289 e. The van der Waals surface area contributed by atoms with Crippen LogP contribution in [0.2, 0.25) is 5.02 Å². The largest absolute Gasteiger partial charge is 0.497 e. The van der Waals surface area contributed by atoms with Gasteiger partial charge in [-0.3, -0.25) is 9.89 Å². The van der Waals surface area contributed by atoms with Crippen molar-refractivity contribution in [2.45, 2.75) is 0 Å². The van der Waals surface area contributed by atoms with Crippen LogP contribution in [0.25, 0.3) is 28.2 Å². The van der Waals surface area contributed by atoms with Crippen LogP contribution in [0, 0.1) is 22.7 Å². The standard InChI is InChI=1S/C21H12ClN5O2/c1-29-15-8-4-13(5-9-15)19-25-20-16(10-23)18(12-2-6-14(22)7-3-12)17(11-24)21(28)27(20)26-19/h2-9H,1H3,(H,25,26). The first-order valence-corrected chi connectivity index (χ1v) is 8.84. The monoisotopic (exact) mass is 401 g/mol. The zero-order chi connectivity index (χ0) is 20.5. The Balaban J connectivity index is 2.03. The molecule has 0 saturated carbocycles. The molecule has 0 amide bonds. The molecule has 0 saturated heterocycles. The molecule has 0 unspecified atom stereocenters. The number of halogens is 1. The number of rotatable bonds is 3. The van der Waals surface area contributed by atoms with Crippen LogP contribution in [-0.4, -0.2) is 21.7 Å². The van der Waals surface area contributed by atoms with Gasteiger partial charge < -0.3 is 4.74 Å². The minimum Gasteiger partial charge on any atom is -0.497 e. The molecule has 0 aliphatic rings. The van der Waals surface area contributed by atoms with Gasteiger partial charge >= 0.3 is 0 Å². The molecule has 7 nitrogen and oxygen atoms in total. The van der Waals surface area contributed by atoms with Crippen molar-refractivity contribution in [3.8, 4) is 40.4 Å². The van der Waals surface area contributed by atoms with Crippen LogP contribution in [0.15, 0.2) is 53.3 Å². The molecule has 4 rings (SSSR count). The van der Waals surface area contributed by atoms with Crippen molar-refractivity contribution in [2.24, 2.45) is 0 Å². The normalized spacial score (nSPS) is 10.5. The van der Waals surface area contributed by atoms with Gasteiger partial charge in [-0.2, -0.15) is 15.0 Å². The summed E-state index contributed by atoms with van der Waals surface area (Å²) < 4.78 is 6.27. The predicted molar refractivity (Wildman–Crippen MR) is 108 cm³/mol. The Kier molecular flexibility index (Phi) is 4.52. The summed E-state index contributed by atoms with van der Waals surface area (Å²) in [7, 11) is 1.57. The number of nitrogens with one attached hydrogen (secondary N) is 1. The summed E-state index contributed by atoms with van der Waals surface area (Å²) >= 11 is 5.94. The van der Waals surface area contributed by atoms with Crippen molar-refractivity contribution in [3.63, 3.8) is 0 Å². The number of nitriles is 2. The Labute approximate surface area is 170 Å². The molecule has 0 radical (unpaired) electrons. The molecule has 0 spiro atoms. The fraction of sp³-hybridized carbons (Fsp3) is 0.0476. The van der Waals surface area contributed by atoms with E-state index in [9.17, 15) is 15.3 Å². The molecule has 8 heteroatoms. The van der Waals surface area contributed by atoms with Crippen LogP contribution in [-0.2, 0) is 0 Å². The van der Waals surface area contributed by atoms with E-state index < -0.39 is 5.56 Å². The lowest BCUT2D eigenvalue weighted by Gasteiger charge is -2.07. The van der Waals surface area contributed by atoms with E-state index in [1.807, 2.05) is 6.07 Å². The fourth-order valence-corrected chi connectivity index (χ4v) is 3.23. The molecule has 0 aliphatic heterocycles. The first-order chi connectivity index (χ1) is 14.1. The minimum absolute atomic E-state index is 0.125. The second kappa shape index (κ2) is 7.16. The highest BCUT2D eigenvalue weighted by atomic mass is 35.5. The van der Waals surface area contributed by atoms with Crippen LogP contribution in [0.3, 0.4) is 0 Å². The maximum atomic E-state index is 12.9. The van der Waals surface area contributed by atoms with Gasteiger partial charge in [0.05, 0.1) is 7.11 Å². The summed E-state index contributed by atoms with van der Waals surface area (Å²) in [4.78, 5) is 17.4. The van der Waals surface area contributed by atoms with Gasteiger partial charge in [-0.05, 0) is 42.0 Å². The maximum absolute atomic E-state index is 12.9. The lowest BCUT2D eigenvalue weighted by molar-refractivity contribution is 0.415. The number of aromatic amines is 1. The number of aromatic nitrogens is 3. The SMILES string of the molecule is COc1ccc(-c2nc3c(C#N)c(-c4ccc(Cl)cc4)c(C#N)c(=O)n3[nH]2)cc1. The minimum atomic E-state index is -0.585. The van der Waals surface area contributed by atoms with E-state index in [-0.39, 0.29) is 22.3 Å². The van der Waals surface area contributed by atoms with Crippen LogP contribution >= 0.6 is 11.6 Å². The molecule has 140 valence electrons. The second-order valence-corrected chi connectivity index (χ2v) is 6.56. The van der Waals surface area contributed by atoms with Gasteiger partial charge in [0.25, 0.3) is 5.56 Å². The molecule has 0 bridgehead atoms. The van der Waals surface area contributed by atoms with Gasteiger partial charge in [0.1, 0.15) is 29.0 Å². The van der Waals surface area contributed by atoms with Crippen molar-refractivity contribution in [3.05, 3.63) is 75.0 Å². The topological polar surface area (TPSA) is 107 Å². The molecule has 2 aromatic heterocycles. The van der Waals surface area contributed by atoms with Gasteiger partial charge in [0.2, 0.25) is 0 Å². The molecule has 1 N–H and O–H groups in total. The quantitative estimate of drug-likeness (QED) is 0.562. The van der Waals surface area contributed by atoms with E-state index in [1.165, 1.54) is 0 Å². The van der Waals surface area contributed by atoms with E-state index in [1.54, 1.807) is 55.6 Å². The third-order valence-electron chi connectivity index (χ3n) is 4.51. The van der Waals surface area contributed by atoms with Crippen molar-refractivity contribution >= 4 is 17.2 Å². The number of hydrogen-bond donors (Lipinski definition) is 1. The molecule has 2 heterocycles. The molecule has 0 atom stereocenters. The molecule has 0 aliphatic carbocycles. The Morgan fingerprint density at radius 2 is 1.62 bits per heavy atom. The molecule has 29 heavy (non-hydrogen) atoms. The van der Waals surface area contributed by atoms with Crippen molar-refractivity contribution in [2.75, 3.05) is 7.11 Å². The maximum Gasteiger partial charge on any atom is 0.289 e. The average Bonchev–Trinajstić information content (AvgIpc) is 3.20. The third-order valence-corrected chi connectivity index (χ3v) is 4.76. The van der Waals surface area contributed by atoms with Gasteiger partial charge in [-0.1, -0.05) is 23.7 Å². The molecule has 4 aromatic rings. The van der Waals surface area contributed by atoms with E-state index in [2.05, 4.69) is 16.2 Å². The van der Waals surface area contributed by atoms with Crippen LogP contribution < -0.4 is 10.3 Å².